The summed E-state index contributed by atoms with van der Waals surface area (Å²) in [6.07, 6.45) is 6.01. The van der Waals surface area contributed by atoms with Gasteiger partial charge in [-0.1, -0.05) is 6.42 Å². The molecule has 2 saturated heterocycles. The van der Waals surface area contributed by atoms with Crippen molar-refractivity contribution in [3.8, 4) is 0 Å². The summed E-state index contributed by atoms with van der Waals surface area (Å²) < 4.78 is 5.47. The van der Waals surface area contributed by atoms with Crippen LogP contribution in [0.2, 0.25) is 0 Å². The van der Waals surface area contributed by atoms with Gasteiger partial charge >= 0.3 is 0 Å². The van der Waals surface area contributed by atoms with Crippen LogP contribution in [0.25, 0.3) is 0 Å². The number of hydrogen-bond acceptors (Lipinski definition) is 3. The summed E-state index contributed by atoms with van der Waals surface area (Å²) in [4.78, 5) is 11.8. The highest BCUT2D eigenvalue weighted by Gasteiger charge is 2.23. The fraction of sp³-hybridized carbons (Fsp3) is 0.909. The molecule has 0 spiro atoms. The predicted octanol–water partition coefficient (Wildman–Crippen LogP) is 1.57. The molecule has 2 unspecified atom stereocenters. The Morgan fingerprint density at radius 1 is 1.33 bits per heavy atom. The Morgan fingerprint density at radius 3 is 2.93 bits per heavy atom. The van der Waals surface area contributed by atoms with E-state index in [-0.39, 0.29) is 17.3 Å². The maximum absolute atomic E-state index is 11.8. The second-order valence-corrected chi connectivity index (χ2v) is 5.55. The number of nitrogens with one attached hydrogen (secondary N) is 1. The molecule has 0 saturated carbocycles. The van der Waals surface area contributed by atoms with Gasteiger partial charge in [-0.3, -0.25) is 4.79 Å². The lowest BCUT2D eigenvalue weighted by Gasteiger charge is -2.21. The van der Waals surface area contributed by atoms with Gasteiger partial charge in [0.1, 0.15) is 0 Å². The molecule has 0 bridgehead atoms. The summed E-state index contributed by atoms with van der Waals surface area (Å²) in [6.45, 7) is 1.56. The molecule has 0 aromatic heterocycles. The Balaban J connectivity index is 1.66. The quantitative estimate of drug-likeness (QED) is 0.798. The third-order valence-electron chi connectivity index (χ3n) is 3.00. The van der Waals surface area contributed by atoms with E-state index in [4.69, 9.17) is 4.74 Å². The van der Waals surface area contributed by atoms with Gasteiger partial charge in [-0.15, -0.1) is 11.8 Å². The standard InChI is InChI=1S/C11H19NO2S/c13-11(10-5-1-2-7-15-10)12-8-9-4-3-6-14-9/h9-10H,1-8H2,(H,12,13). The number of thioether (sulfide) groups is 1. The highest BCUT2D eigenvalue weighted by Crippen LogP contribution is 2.25. The van der Waals surface area contributed by atoms with E-state index in [2.05, 4.69) is 5.32 Å². The van der Waals surface area contributed by atoms with Crippen molar-refractivity contribution in [2.24, 2.45) is 0 Å². The molecule has 15 heavy (non-hydrogen) atoms. The molecule has 2 aliphatic heterocycles. The van der Waals surface area contributed by atoms with Crippen LogP contribution in [0.4, 0.5) is 0 Å². The molecule has 2 aliphatic rings. The molecule has 0 radical (unpaired) electrons. The smallest absolute Gasteiger partial charge is 0.233 e. The maximum Gasteiger partial charge on any atom is 0.233 e. The summed E-state index contributed by atoms with van der Waals surface area (Å²) in [5.74, 6) is 1.35. The lowest BCUT2D eigenvalue weighted by atomic mass is 10.1. The lowest BCUT2D eigenvalue weighted by molar-refractivity contribution is -0.121. The van der Waals surface area contributed by atoms with E-state index in [9.17, 15) is 4.79 Å². The van der Waals surface area contributed by atoms with Crippen LogP contribution in [0.3, 0.4) is 0 Å². The van der Waals surface area contributed by atoms with Crippen LogP contribution in [0.5, 0.6) is 0 Å². The average molecular weight is 229 g/mol. The van der Waals surface area contributed by atoms with Gasteiger partial charge in [0.2, 0.25) is 5.91 Å². The van der Waals surface area contributed by atoms with Gasteiger partial charge in [0.05, 0.1) is 11.4 Å². The summed E-state index contributed by atoms with van der Waals surface area (Å²) in [6, 6.07) is 0. The van der Waals surface area contributed by atoms with Crippen molar-refractivity contribution in [2.45, 2.75) is 43.5 Å². The van der Waals surface area contributed by atoms with Crippen molar-refractivity contribution >= 4 is 17.7 Å². The third kappa shape index (κ3) is 3.38. The molecular formula is C11H19NO2S. The van der Waals surface area contributed by atoms with E-state index in [1.165, 1.54) is 12.8 Å². The van der Waals surface area contributed by atoms with Crippen LogP contribution >= 0.6 is 11.8 Å². The predicted molar refractivity (Wildman–Crippen MR) is 62.1 cm³/mol. The molecule has 0 aliphatic carbocycles. The SMILES string of the molecule is O=C(NCC1CCCO1)C1CCCCS1. The summed E-state index contributed by atoms with van der Waals surface area (Å²) >= 11 is 1.80. The first-order valence-corrected chi connectivity index (χ1v) is 6.92. The molecule has 0 aromatic rings. The Morgan fingerprint density at radius 2 is 2.27 bits per heavy atom. The molecule has 1 amide bonds. The minimum absolute atomic E-state index is 0.195. The zero-order valence-electron chi connectivity index (χ0n) is 9.04. The second kappa shape index (κ2) is 5.75. The van der Waals surface area contributed by atoms with E-state index in [1.807, 2.05) is 0 Å². The molecule has 1 N–H and O–H groups in total. The topological polar surface area (TPSA) is 38.3 Å². The van der Waals surface area contributed by atoms with Gasteiger partial charge in [-0.05, 0) is 31.4 Å². The molecule has 4 heteroatoms. The number of amides is 1. The van der Waals surface area contributed by atoms with E-state index >= 15 is 0 Å². The fourth-order valence-corrected chi connectivity index (χ4v) is 3.30. The number of carbonyl (C=O) groups is 1. The van der Waals surface area contributed by atoms with Gasteiger partial charge in [0.15, 0.2) is 0 Å². The summed E-state index contributed by atoms with van der Waals surface area (Å²) in [5.41, 5.74) is 0. The summed E-state index contributed by atoms with van der Waals surface area (Å²) in [7, 11) is 0. The largest absolute Gasteiger partial charge is 0.376 e. The first-order valence-electron chi connectivity index (χ1n) is 5.87. The Labute approximate surface area is 95.3 Å². The van der Waals surface area contributed by atoms with Gasteiger partial charge in [-0.2, -0.15) is 0 Å². The molecule has 3 nitrogen and oxygen atoms in total. The highest BCUT2D eigenvalue weighted by molar-refractivity contribution is 8.00. The number of ether oxygens (including phenoxy) is 1. The normalized spacial score (nSPS) is 31.5. The van der Waals surface area contributed by atoms with E-state index in [0.717, 1.165) is 31.6 Å². The number of carbonyl (C=O) groups excluding carboxylic acids is 1. The third-order valence-corrected chi connectivity index (χ3v) is 4.38. The Hall–Kier alpha value is -0.220. The van der Waals surface area contributed by atoms with Gasteiger partial charge in [0.25, 0.3) is 0 Å². The van der Waals surface area contributed by atoms with Crippen molar-refractivity contribution in [1.29, 1.82) is 0 Å². The van der Waals surface area contributed by atoms with Crippen molar-refractivity contribution in [3.63, 3.8) is 0 Å². The van der Waals surface area contributed by atoms with Crippen molar-refractivity contribution < 1.29 is 9.53 Å². The average Bonchev–Trinajstić information content (AvgIpc) is 2.80. The fourth-order valence-electron chi connectivity index (χ4n) is 2.08. The molecule has 2 fully saturated rings. The van der Waals surface area contributed by atoms with Crippen molar-refractivity contribution in [1.82, 2.24) is 5.32 Å². The van der Waals surface area contributed by atoms with Crippen LogP contribution in [-0.4, -0.2) is 36.2 Å². The maximum atomic E-state index is 11.8. The number of hydrogen-bond donors (Lipinski definition) is 1. The van der Waals surface area contributed by atoms with Crippen LogP contribution in [0.1, 0.15) is 32.1 Å². The molecule has 2 atom stereocenters. The van der Waals surface area contributed by atoms with Crippen LogP contribution in [-0.2, 0) is 9.53 Å². The zero-order chi connectivity index (χ0) is 10.5. The van der Waals surface area contributed by atoms with Crippen LogP contribution in [0, 0.1) is 0 Å². The monoisotopic (exact) mass is 229 g/mol. The first kappa shape index (κ1) is 11.3. The van der Waals surface area contributed by atoms with Crippen molar-refractivity contribution in [3.05, 3.63) is 0 Å². The van der Waals surface area contributed by atoms with Crippen LogP contribution < -0.4 is 5.32 Å². The van der Waals surface area contributed by atoms with Crippen molar-refractivity contribution in [2.75, 3.05) is 18.9 Å². The molecule has 86 valence electrons. The highest BCUT2D eigenvalue weighted by atomic mass is 32.2. The van der Waals surface area contributed by atoms with Gasteiger partial charge in [0, 0.05) is 13.2 Å². The minimum atomic E-state index is 0.195. The Kier molecular flexibility index (Phi) is 4.32. The molecule has 2 rings (SSSR count). The minimum Gasteiger partial charge on any atom is -0.376 e. The molecule has 2 heterocycles. The van der Waals surface area contributed by atoms with Gasteiger partial charge < -0.3 is 10.1 Å². The van der Waals surface area contributed by atoms with E-state index in [0.29, 0.717) is 6.54 Å². The van der Waals surface area contributed by atoms with Gasteiger partial charge in [-0.25, -0.2) is 0 Å². The van der Waals surface area contributed by atoms with E-state index < -0.39 is 0 Å². The molecular weight excluding hydrogens is 210 g/mol. The number of rotatable bonds is 3. The molecule has 0 aromatic carbocycles. The first-order chi connectivity index (χ1) is 7.36. The lowest BCUT2D eigenvalue weighted by Crippen LogP contribution is -2.38. The summed E-state index contributed by atoms with van der Waals surface area (Å²) in [5, 5.41) is 3.20. The zero-order valence-corrected chi connectivity index (χ0v) is 9.85. The Bertz CT molecular complexity index is 211. The van der Waals surface area contributed by atoms with Crippen LogP contribution in [0.15, 0.2) is 0 Å². The second-order valence-electron chi connectivity index (χ2n) is 4.24. The van der Waals surface area contributed by atoms with E-state index in [1.54, 1.807) is 11.8 Å².